The van der Waals surface area contributed by atoms with Crippen LogP contribution in [0.1, 0.15) is 77.2 Å². The van der Waals surface area contributed by atoms with Crippen molar-refractivity contribution in [2.75, 3.05) is 0 Å². The maximum atomic E-state index is 11.6. The molecule has 0 aliphatic heterocycles. The fourth-order valence-electron chi connectivity index (χ4n) is 2.63. The number of phenolic OH excluding ortho intramolecular Hbond substituents is 1. The van der Waals surface area contributed by atoms with E-state index < -0.39 is 13.3 Å². The Bertz CT molecular complexity index is 559. The predicted molar refractivity (Wildman–Crippen MR) is 91.9 cm³/mol. The minimum absolute atomic E-state index is 0. The van der Waals surface area contributed by atoms with Crippen molar-refractivity contribution < 1.29 is 19.5 Å². The molecule has 1 aromatic carbocycles. The molecule has 1 atom stereocenters. The molecule has 0 aliphatic carbocycles. The Balaban J connectivity index is 0.00000484. The first-order valence-electron chi connectivity index (χ1n) is 7.59. The van der Waals surface area contributed by atoms with Crippen LogP contribution in [0, 0.1) is 0 Å². The zero-order chi connectivity index (χ0) is 17.5. The van der Waals surface area contributed by atoms with Crippen LogP contribution < -0.4 is 9.79 Å². The van der Waals surface area contributed by atoms with Crippen molar-refractivity contribution in [3.8, 4) is 5.75 Å². The summed E-state index contributed by atoms with van der Waals surface area (Å²) in [5.41, 5.74) is 0.0462. The van der Waals surface area contributed by atoms with Crippen LogP contribution in [0.5, 0.6) is 5.75 Å². The zero-order valence-corrected chi connectivity index (χ0v) is 18.4. The van der Waals surface area contributed by atoms with Crippen molar-refractivity contribution in [1.82, 2.24) is 0 Å². The number of hydrogen-bond acceptors (Lipinski definition) is 4. The first kappa shape index (κ1) is 23.4. The van der Waals surface area contributed by atoms with Gasteiger partial charge in [0.25, 0.3) is 0 Å². The van der Waals surface area contributed by atoms with Crippen molar-refractivity contribution in [3.05, 3.63) is 28.8 Å². The Hall–Kier alpha value is 0.430. The molecule has 0 amide bonds. The van der Waals surface area contributed by atoms with Gasteiger partial charge in [-0.25, -0.2) is 0 Å². The Morgan fingerprint density at radius 1 is 1.04 bits per heavy atom. The molecule has 0 bridgehead atoms. The molecule has 0 aliphatic rings. The van der Waals surface area contributed by atoms with Crippen LogP contribution >= 0.6 is 7.60 Å². The van der Waals surface area contributed by atoms with Crippen LogP contribution in [0.4, 0.5) is 0 Å². The van der Waals surface area contributed by atoms with Gasteiger partial charge in [-0.05, 0) is 33.9 Å². The van der Waals surface area contributed by atoms with Gasteiger partial charge in [0.05, 0.1) is 0 Å². The summed E-state index contributed by atoms with van der Waals surface area (Å²) in [6.45, 7) is 13.4. The van der Waals surface area contributed by atoms with Crippen molar-refractivity contribution in [2.45, 2.75) is 71.4 Å². The fourth-order valence-corrected chi connectivity index (χ4v) is 3.60. The molecule has 0 saturated carbocycles. The van der Waals surface area contributed by atoms with Gasteiger partial charge >= 0.3 is 37.7 Å². The standard InChI is InChI=1S/C17H29O4P.Ca/c1-8-14(22(19,20)21)11-9-12(16(2,3)4)15(18)13(10-11)17(5,6)7;/h9-10,14,18H,8H2,1-7H3,(H2,19,20,21);/q;+2/p-2. The summed E-state index contributed by atoms with van der Waals surface area (Å²) in [7, 11) is -4.74. The van der Waals surface area contributed by atoms with Gasteiger partial charge in [-0.15, -0.1) is 0 Å². The molecular formula is C17H27CaO4P. The quantitative estimate of drug-likeness (QED) is 0.658. The normalized spacial score (nSPS) is 14.3. The van der Waals surface area contributed by atoms with E-state index in [2.05, 4.69) is 0 Å². The molecule has 1 aromatic rings. The van der Waals surface area contributed by atoms with E-state index in [1.807, 2.05) is 41.5 Å². The predicted octanol–water partition coefficient (Wildman–Crippen LogP) is 2.97. The smallest absolute Gasteiger partial charge is 0.810 e. The monoisotopic (exact) mass is 366 g/mol. The van der Waals surface area contributed by atoms with E-state index in [4.69, 9.17) is 0 Å². The summed E-state index contributed by atoms with van der Waals surface area (Å²) in [6, 6.07) is 3.34. The van der Waals surface area contributed by atoms with E-state index in [0.29, 0.717) is 16.7 Å². The van der Waals surface area contributed by atoms with Gasteiger partial charge in [-0.3, -0.25) is 0 Å². The van der Waals surface area contributed by atoms with Gasteiger partial charge in [0.1, 0.15) is 5.75 Å². The molecule has 0 fully saturated rings. The van der Waals surface area contributed by atoms with Gasteiger partial charge in [0.15, 0.2) is 0 Å². The molecule has 4 nitrogen and oxygen atoms in total. The number of benzene rings is 1. The average Bonchev–Trinajstić information content (AvgIpc) is 2.26. The Kier molecular flexibility index (Phi) is 7.91. The summed E-state index contributed by atoms with van der Waals surface area (Å²) in [4.78, 5) is 23.2. The number of rotatable bonds is 3. The fraction of sp³-hybridized carbons (Fsp3) is 0.647. The summed E-state index contributed by atoms with van der Waals surface area (Å²) >= 11 is 0. The van der Waals surface area contributed by atoms with Crippen LogP contribution in [0.2, 0.25) is 0 Å². The molecule has 1 unspecified atom stereocenters. The molecule has 0 heterocycles. The molecule has 0 aromatic heterocycles. The zero-order valence-electron chi connectivity index (χ0n) is 15.3. The number of aromatic hydroxyl groups is 1. The Labute approximate surface area is 169 Å². The third-order valence-corrected chi connectivity index (χ3v) is 5.33. The number of hydrogen-bond donors (Lipinski definition) is 1. The SMILES string of the molecule is CCC(c1cc(C(C)(C)C)c(O)c(C(C)(C)C)c1)P(=O)([O-])[O-].[Ca+2]. The maximum absolute atomic E-state index is 11.6. The van der Waals surface area contributed by atoms with Crippen LogP contribution in [0.15, 0.2) is 12.1 Å². The maximum Gasteiger partial charge on any atom is 2.00 e. The van der Waals surface area contributed by atoms with Crippen LogP contribution in [0.3, 0.4) is 0 Å². The van der Waals surface area contributed by atoms with Gasteiger partial charge in [0.2, 0.25) is 0 Å². The molecule has 0 saturated heterocycles. The molecule has 126 valence electrons. The van der Waals surface area contributed by atoms with E-state index in [-0.39, 0.29) is 60.7 Å². The second kappa shape index (κ2) is 7.76. The minimum atomic E-state index is -4.74. The second-order valence-electron chi connectivity index (χ2n) is 7.93. The molecule has 1 rings (SSSR count). The van der Waals surface area contributed by atoms with Crippen molar-refractivity contribution in [2.24, 2.45) is 0 Å². The molecule has 6 heteroatoms. The van der Waals surface area contributed by atoms with Crippen LogP contribution in [0.25, 0.3) is 0 Å². The van der Waals surface area contributed by atoms with Gasteiger partial charge in [-0.2, -0.15) is 0 Å². The topological polar surface area (TPSA) is 83.4 Å². The third-order valence-electron chi connectivity index (χ3n) is 3.90. The third kappa shape index (κ3) is 5.73. The van der Waals surface area contributed by atoms with Crippen LogP contribution in [-0.2, 0) is 15.4 Å². The second-order valence-corrected chi connectivity index (χ2v) is 9.63. The summed E-state index contributed by atoms with van der Waals surface area (Å²) in [5, 5.41) is 10.6. The minimum Gasteiger partial charge on any atom is -0.810 e. The Morgan fingerprint density at radius 2 is 1.39 bits per heavy atom. The van der Waals surface area contributed by atoms with Gasteiger partial charge in [-0.1, -0.05) is 68.2 Å². The summed E-state index contributed by atoms with van der Waals surface area (Å²) < 4.78 is 11.6. The van der Waals surface area contributed by atoms with E-state index in [0.717, 1.165) is 0 Å². The molecule has 0 radical (unpaired) electrons. The molecule has 1 N–H and O–H groups in total. The van der Waals surface area contributed by atoms with E-state index in [1.54, 1.807) is 19.1 Å². The molecular weight excluding hydrogens is 339 g/mol. The van der Waals surface area contributed by atoms with Crippen molar-refractivity contribution in [1.29, 1.82) is 0 Å². The summed E-state index contributed by atoms with van der Waals surface area (Å²) in [6.07, 6.45) is 0.224. The van der Waals surface area contributed by atoms with Gasteiger partial charge in [0, 0.05) is 5.66 Å². The van der Waals surface area contributed by atoms with Crippen molar-refractivity contribution in [3.63, 3.8) is 0 Å². The largest absolute Gasteiger partial charge is 2.00 e. The first-order valence-corrected chi connectivity index (χ1v) is 9.20. The Morgan fingerprint density at radius 3 is 1.61 bits per heavy atom. The van der Waals surface area contributed by atoms with Crippen LogP contribution in [-0.4, -0.2) is 42.8 Å². The van der Waals surface area contributed by atoms with E-state index in [9.17, 15) is 19.5 Å². The van der Waals surface area contributed by atoms with E-state index >= 15 is 0 Å². The summed E-state index contributed by atoms with van der Waals surface area (Å²) in [5.74, 6) is 0.185. The van der Waals surface area contributed by atoms with Crippen molar-refractivity contribution >= 4 is 45.3 Å². The average molecular weight is 366 g/mol. The molecule has 23 heavy (non-hydrogen) atoms. The van der Waals surface area contributed by atoms with Gasteiger partial charge < -0.3 is 19.5 Å². The number of phenols is 1. The molecule has 0 spiro atoms. The first-order chi connectivity index (χ1) is 9.69. The van der Waals surface area contributed by atoms with E-state index in [1.165, 1.54) is 0 Å².